The van der Waals surface area contributed by atoms with E-state index in [9.17, 15) is 0 Å². The Morgan fingerprint density at radius 2 is 2.38 bits per heavy atom. The summed E-state index contributed by atoms with van der Waals surface area (Å²) >= 11 is 5.99. The smallest absolute Gasteiger partial charge is 0.0512 e. The summed E-state index contributed by atoms with van der Waals surface area (Å²) in [6.07, 6.45) is 2.13. The SMILES string of the molecule is CN[C@H]1CCOC[C@H]1Cc1cccc(Cl)c1. The van der Waals surface area contributed by atoms with Gasteiger partial charge in [0, 0.05) is 23.6 Å². The van der Waals surface area contributed by atoms with Gasteiger partial charge in [-0.15, -0.1) is 0 Å². The van der Waals surface area contributed by atoms with Crippen molar-refractivity contribution in [3.05, 3.63) is 34.9 Å². The molecule has 0 aromatic heterocycles. The molecule has 1 fully saturated rings. The van der Waals surface area contributed by atoms with Crippen molar-refractivity contribution in [2.75, 3.05) is 20.3 Å². The lowest BCUT2D eigenvalue weighted by molar-refractivity contribution is 0.0342. The highest BCUT2D eigenvalue weighted by molar-refractivity contribution is 6.30. The second-order valence-electron chi connectivity index (χ2n) is 4.35. The molecule has 0 aliphatic carbocycles. The molecule has 1 saturated heterocycles. The maximum Gasteiger partial charge on any atom is 0.0512 e. The van der Waals surface area contributed by atoms with Crippen LogP contribution in [0.25, 0.3) is 0 Å². The number of nitrogens with one attached hydrogen (secondary N) is 1. The Morgan fingerprint density at radius 1 is 1.50 bits per heavy atom. The fraction of sp³-hybridized carbons (Fsp3) is 0.538. The van der Waals surface area contributed by atoms with Gasteiger partial charge in [0.15, 0.2) is 0 Å². The van der Waals surface area contributed by atoms with Gasteiger partial charge in [0.25, 0.3) is 0 Å². The Hall–Kier alpha value is -0.570. The third-order valence-corrected chi connectivity index (χ3v) is 3.47. The first-order valence-corrected chi connectivity index (χ1v) is 6.17. The van der Waals surface area contributed by atoms with Gasteiger partial charge in [-0.25, -0.2) is 0 Å². The molecule has 0 amide bonds. The van der Waals surface area contributed by atoms with Crippen LogP contribution in [0.4, 0.5) is 0 Å². The maximum absolute atomic E-state index is 5.99. The number of rotatable bonds is 3. The minimum Gasteiger partial charge on any atom is -0.381 e. The monoisotopic (exact) mass is 239 g/mol. The van der Waals surface area contributed by atoms with E-state index in [1.807, 2.05) is 25.2 Å². The molecule has 88 valence electrons. The van der Waals surface area contributed by atoms with Crippen LogP contribution in [-0.2, 0) is 11.2 Å². The zero-order valence-corrected chi connectivity index (χ0v) is 10.3. The van der Waals surface area contributed by atoms with Crippen molar-refractivity contribution >= 4 is 11.6 Å². The molecule has 2 nitrogen and oxygen atoms in total. The number of ether oxygens (including phenoxy) is 1. The highest BCUT2D eigenvalue weighted by Crippen LogP contribution is 2.21. The van der Waals surface area contributed by atoms with Crippen LogP contribution < -0.4 is 5.32 Å². The molecule has 1 aromatic carbocycles. The van der Waals surface area contributed by atoms with Gasteiger partial charge in [-0.3, -0.25) is 0 Å². The average Bonchev–Trinajstić information content (AvgIpc) is 2.30. The summed E-state index contributed by atoms with van der Waals surface area (Å²) in [5, 5.41) is 4.19. The quantitative estimate of drug-likeness (QED) is 0.875. The van der Waals surface area contributed by atoms with Crippen molar-refractivity contribution in [3.63, 3.8) is 0 Å². The molecule has 1 N–H and O–H groups in total. The first-order chi connectivity index (χ1) is 7.79. The fourth-order valence-corrected chi connectivity index (χ4v) is 2.56. The molecule has 0 radical (unpaired) electrons. The normalized spacial score (nSPS) is 25.6. The van der Waals surface area contributed by atoms with Gasteiger partial charge in [0.2, 0.25) is 0 Å². The number of halogens is 1. The maximum atomic E-state index is 5.99. The van der Waals surface area contributed by atoms with Crippen molar-refractivity contribution in [3.8, 4) is 0 Å². The third-order valence-electron chi connectivity index (χ3n) is 3.23. The molecule has 0 bridgehead atoms. The number of hydrogen-bond donors (Lipinski definition) is 1. The summed E-state index contributed by atoms with van der Waals surface area (Å²) in [7, 11) is 2.03. The van der Waals surface area contributed by atoms with Crippen LogP contribution in [0, 0.1) is 5.92 Å². The fourth-order valence-electron chi connectivity index (χ4n) is 2.34. The summed E-state index contributed by atoms with van der Waals surface area (Å²) in [4.78, 5) is 0. The summed E-state index contributed by atoms with van der Waals surface area (Å²) in [5.74, 6) is 0.553. The first-order valence-electron chi connectivity index (χ1n) is 5.79. The Kier molecular flexibility index (Phi) is 4.22. The van der Waals surface area contributed by atoms with E-state index < -0.39 is 0 Å². The molecule has 1 aliphatic rings. The number of benzene rings is 1. The van der Waals surface area contributed by atoms with Gasteiger partial charge >= 0.3 is 0 Å². The third kappa shape index (κ3) is 2.97. The highest BCUT2D eigenvalue weighted by Gasteiger charge is 2.24. The van der Waals surface area contributed by atoms with Crippen molar-refractivity contribution < 1.29 is 4.74 Å². The Morgan fingerprint density at radius 3 is 3.12 bits per heavy atom. The molecule has 0 saturated carbocycles. The molecule has 1 aliphatic heterocycles. The largest absolute Gasteiger partial charge is 0.381 e. The van der Waals surface area contributed by atoms with Gasteiger partial charge in [-0.2, -0.15) is 0 Å². The second kappa shape index (κ2) is 5.67. The van der Waals surface area contributed by atoms with E-state index in [2.05, 4.69) is 11.4 Å². The average molecular weight is 240 g/mol. The highest BCUT2D eigenvalue weighted by atomic mass is 35.5. The Labute approximate surface area is 102 Å². The van der Waals surface area contributed by atoms with E-state index >= 15 is 0 Å². The zero-order chi connectivity index (χ0) is 11.4. The van der Waals surface area contributed by atoms with Gasteiger partial charge in [0.05, 0.1) is 6.61 Å². The van der Waals surface area contributed by atoms with Crippen molar-refractivity contribution in [2.45, 2.75) is 18.9 Å². The van der Waals surface area contributed by atoms with E-state index in [0.717, 1.165) is 31.1 Å². The molecular weight excluding hydrogens is 222 g/mol. The van der Waals surface area contributed by atoms with Crippen LogP contribution in [0.3, 0.4) is 0 Å². The van der Waals surface area contributed by atoms with Gasteiger partial charge in [-0.1, -0.05) is 23.7 Å². The lowest BCUT2D eigenvalue weighted by Crippen LogP contribution is -2.41. The van der Waals surface area contributed by atoms with Crippen molar-refractivity contribution in [1.82, 2.24) is 5.32 Å². The summed E-state index contributed by atoms with van der Waals surface area (Å²) < 4.78 is 5.54. The van der Waals surface area contributed by atoms with Gasteiger partial charge < -0.3 is 10.1 Å². The predicted octanol–water partition coefficient (Wildman–Crippen LogP) is 2.51. The van der Waals surface area contributed by atoms with Gasteiger partial charge in [0.1, 0.15) is 0 Å². The Balaban J connectivity index is 2.02. The van der Waals surface area contributed by atoms with Crippen LogP contribution in [0.1, 0.15) is 12.0 Å². The minimum atomic E-state index is 0.553. The lowest BCUT2D eigenvalue weighted by atomic mass is 9.89. The van der Waals surface area contributed by atoms with Crippen LogP contribution in [0.5, 0.6) is 0 Å². The molecule has 0 unspecified atom stereocenters. The molecule has 16 heavy (non-hydrogen) atoms. The first kappa shape index (κ1) is 11.9. The Bertz CT molecular complexity index is 342. The zero-order valence-electron chi connectivity index (χ0n) is 9.58. The molecular formula is C13H18ClNO. The summed E-state index contributed by atoms with van der Waals surface area (Å²) in [5.41, 5.74) is 1.29. The van der Waals surface area contributed by atoms with Crippen LogP contribution >= 0.6 is 11.6 Å². The molecule has 3 heteroatoms. The van der Waals surface area contributed by atoms with Crippen LogP contribution in [0.15, 0.2) is 24.3 Å². The van der Waals surface area contributed by atoms with E-state index in [-0.39, 0.29) is 0 Å². The molecule has 1 heterocycles. The van der Waals surface area contributed by atoms with Gasteiger partial charge in [-0.05, 0) is 37.6 Å². The standard InChI is InChI=1S/C13H18ClNO/c1-15-13-5-6-16-9-11(13)7-10-3-2-4-12(14)8-10/h2-4,8,11,13,15H,5-7,9H2,1H3/t11-,13+/m1/s1. The lowest BCUT2D eigenvalue weighted by Gasteiger charge is -2.31. The summed E-state index contributed by atoms with van der Waals surface area (Å²) in [6.45, 7) is 1.72. The van der Waals surface area contributed by atoms with Crippen molar-refractivity contribution in [2.24, 2.45) is 5.92 Å². The van der Waals surface area contributed by atoms with E-state index in [1.165, 1.54) is 5.56 Å². The van der Waals surface area contributed by atoms with Crippen molar-refractivity contribution in [1.29, 1.82) is 0 Å². The second-order valence-corrected chi connectivity index (χ2v) is 4.79. The van der Waals surface area contributed by atoms with E-state index in [0.29, 0.717) is 12.0 Å². The molecule has 2 rings (SSSR count). The molecule has 2 atom stereocenters. The van der Waals surface area contributed by atoms with E-state index in [4.69, 9.17) is 16.3 Å². The predicted molar refractivity (Wildman–Crippen MR) is 66.9 cm³/mol. The topological polar surface area (TPSA) is 21.3 Å². The van der Waals surface area contributed by atoms with Crippen LogP contribution in [0.2, 0.25) is 5.02 Å². The van der Waals surface area contributed by atoms with Crippen LogP contribution in [-0.4, -0.2) is 26.3 Å². The van der Waals surface area contributed by atoms with E-state index in [1.54, 1.807) is 0 Å². The summed E-state index contributed by atoms with van der Waals surface area (Å²) in [6, 6.07) is 8.66. The molecule has 1 aromatic rings. The number of hydrogen-bond acceptors (Lipinski definition) is 2. The molecule has 0 spiro atoms. The minimum absolute atomic E-state index is 0.553.